The average molecular weight is 391 g/mol. The molecule has 0 unspecified atom stereocenters. The van der Waals surface area contributed by atoms with Crippen molar-refractivity contribution < 1.29 is 18.3 Å². The predicted molar refractivity (Wildman–Crippen MR) is 107 cm³/mol. The van der Waals surface area contributed by atoms with Crippen LogP contribution in [0.15, 0.2) is 71.1 Å². The number of rotatable bonds is 5. The Morgan fingerprint density at radius 2 is 1.79 bits per heavy atom. The summed E-state index contributed by atoms with van der Waals surface area (Å²) < 4.78 is 25.5. The maximum atomic E-state index is 13.1. The lowest BCUT2D eigenvalue weighted by Gasteiger charge is -2.09. The third-order valence-corrected chi connectivity index (χ3v) is 4.35. The van der Waals surface area contributed by atoms with Gasteiger partial charge in [0.25, 0.3) is 5.91 Å². The van der Waals surface area contributed by atoms with E-state index in [0.717, 1.165) is 5.76 Å². The lowest BCUT2D eigenvalue weighted by molar-refractivity contribution is 0.101. The van der Waals surface area contributed by atoms with E-state index in [0.29, 0.717) is 34.3 Å². The minimum absolute atomic E-state index is 0.309. The van der Waals surface area contributed by atoms with Crippen molar-refractivity contribution in [2.24, 2.45) is 0 Å². The van der Waals surface area contributed by atoms with E-state index in [1.165, 1.54) is 28.9 Å². The molecule has 2 aromatic carbocycles. The molecule has 2 heterocycles. The summed E-state index contributed by atoms with van der Waals surface area (Å²) >= 11 is 0. The van der Waals surface area contributed by atoms with Gasteiger partial charge in [-0.1, -0.05) is 0 Å². The van der Waals surface area contributed by atoms with Crippen LogP contribution in [0.5, 0.6) is 5.75 Å². The number of aromatic nitrogens is 2. The number of carbonyl (C=O) groups is 1. The van der Waals surface area contributed by atoms with E-state index < -0.39 is 0 Å². The molecule has 4 aromatic rings. The first-order valence-corrected chi connectivity index (χ1v) is 8.92. The standard InChI is InChI=1S/C22H18FN3O3/c1-14-3-12-21(29-14)19-13-20(22(27)24-16-6-4-15(23)5-7-16)26(25-19)17-8-10-18(28-2)11-9-17/h3-13H,1-2H3,(H,24,27). The molecule has 0 aliphatic rings. The zero-order valence-electron chi connectivity index (χ0n) is 15.8. The van der Waals surface area contributed by atoms with Gasteiger partial charge in [0.15, 0.2) is 5.76 Å². The van der Waals surface area contributed by atoms with E-state index in [1.54, 1.807) is 43.5 Å². The number of ether oxygens (including phenoxy) is 1. The van der Waals surface area contributed by atoms with Gasteiger partial charge in [0.2, 0.25) is 0 Å². The minimum Gasteiger partial charge on any atom is -0.497 e. The lowest BCUT2D eigenvalue weighted by atomic mass is 10.2. The maximum Gasteiger partial charge on any atom is 0.274 e. The number of anilines is 1. The highest BCUT2D eigenvalue weighted by molar-refractivity contribution is 6.04. The van der Waals surface area contributed by atoms with Crippen LogP contribution in [-0.4, -0.2) is 22.8 Å². The lowest BCUT2D eigenvalue weighted by Crippen LogP contribution is -2.17. The fraction of sp³-hybridized carbons (Fsp3) is 0.0909. The summed E-state index contributed by atoms with van der Waals surface area (Å²) in [4.78, 5) is 12.9. The minimum atomic E-state index is -0.380. The fourth-order valence-corrected chi connectivity index (χ4v) is 2.88. The van der Waals surface area contributed by atoms with Gasteiger partial charge in [-0.3, -0.25) is 4.79 Å². The highest BCUT2D eigenvalue weighted by atomic mass is 19.1. The van der Waals surface area contributed by atoms with Gasteiger partial charge in [-0.25, -0.2) is 9.07 Å². The van der Waals surface area contributed by atoms with Crippen molar-refractivity contribution in [2.45, 2.75) is 6.92 Å². The number of carbonyl (C=O) groups excluding carboxylic acids is 1. The summed E-state index contributed by atoms with van der Waals surface area (Å²) in [6, 6.07) is 18.0. The van der Waals surface area contributed by atoms with E-state index in [1.807, 2.05) is 13.0 Å². The van der Waals surface area contributed by atoms with E-state index >= 15 is 0 Å². The molecule has 1 N–H and O–H groups in total. The molecule has 0 atom stereocenters. The number of amides is 1. The Morgan fingerprint density at radius 3 is 2.41 bits per heavy atom. The van der Waals surface area contributed by atoms with Crippen molar-refractivity contribution in [3.8, 4) is 22.9 Å². The van der Waals surface area contributed by atoms with Gasteiger partial charge in [0.1, 0.15) is 28.7 Å². The van der Waals surface area contributed by atoms with Gasteiger partial charge >= 0.3 is 0 Å². The molecule has 7 heteroatoms. The number of aryl methyl sites for hydroxylation is 1. The molecule has 0 fully saturated rings. The van der Waals surface area contributed by atoms with Gasteiger partial charge in [0, 0.05) is 11.8 Å². The predicted octanol–water partition coefficient (Wildman–Crippen LogP) is 4.84. The Kier molecular flexibility index (Phi) is 4.87. The molecule has 1 amide bonds. The maximum absolute atomic E-state index is 13.1. The monoisotopic (exact) mass is 391 g/mol. The zero-order valence-corrected chi connectivity index (χ0v) is 15.8. The van der Waals surface area contributed by atoms with E-state index in [-0.39, 0.29) is 11.7 Å². The first-order valence-electron chi connectivity index (χ1n) is 8.92. The molecule has 0 spiro atoms. The summed E-state index contributed by atoms with van der Waals surface area (Å²) in [5.41, 5.74) is 2.00. The van der Waals surface area contributed by atoms with Crippen LogP contribution >= 0.6 is 0 Å². The van der Waals surface area contributed by atoms with Crippen LogP contribution in [0.3, 0.4) is 0 Å². The molecule has 0 aliphatic carbocycles. The number of hydrogen-bond acceptors (Lipinski definition) is 4. The number of nitrogens with one attached hydrogen (secondary N) is 1. The second kappa shape index (κ2) is 7.63. The van der Waals surface area contributed by atoms with Gasteiger partial charge in [-0.05, 0) is 67.6 Å². The molecule has 0 aliphatic heterocycles. The second-order valence-corrected chi connectivity index (χ2v) is 6.40. The molecular formula is C22H18FN3O3. The number of benzene rings is 2. The zero-order chi connectivity index (χ0) is 20.4. The molecular weight excluding hydrogens is 373 g/mol. The Morgan fingerprint density at radius 1 is 1.07 bits per heavy atom. The quantitative estimate of drug-likeness (QED) is 0.528. The van der Waals surface area contributed by atoms with Crippen LogP contribution in [0.4, 0.5) is 10.1 Å². The van der Waals surface area contributed by atoms with Crippen LogP contribution in [-0.2, 0) is 0 Å². The Bertz CT molecular complexity index is 1150. The highest BCUT2D eigenvalue weighted by Crippen LogP contribution is 2.25. The van der Waals surface area contributed by atoms with E-state index in [2.05, 4.69) is 10.4 Å². The van der Waals surface area contributed by atoms with Crippen LogP contribution in [0.2, 0.25) is 0 Å². The number of hydrogen-bond donors (Lipinski definition) is 1. The molecule has 6 nitrogen and oxygen atoms in total. The third kappa shape index (κ3) is 3.89. The topological polar surface area (TPSA) is 69.3 Å². The summed E-state index contributed by atoms with van der Waals surface area (Å²) in [7, 11) is 1.59. The van der Waals surface area contributed by atoms with Crippen molar-refractivity contribution in [3.05, 3.63) is 84.0 Å². The first-order chi connectivity index (χ1) is 14.0. The second-order valence-electron chi connectivity index (χ2n) is 6.40. The normalized spacial score (nSPS) is 10.7. The molecule has 0 saturated heterocycles. The molecule has 146 valence electrons. The van der Waals surface area contributed by atoms with Crippen molar-refractivity contribution in [3.63, 3.8) is 0 Å². The van der Waals surface area contributed by atoms with Crippen molar-refractivity contribution in [1.82, 2.24) is 9.78 Å². The van der Waals surface area contributed by atoms with Gasteiger partial charge in [0.05, 0.1) is 12.8 Å². The van der Waals surface area contributed by atoms with Gasteiger partial charge in [-0.15, -0.1) is 0 Å². The van der Waals surface area contributed by atoms with Crippen LogP contribution < -0.4 is 10.1 Å². The number of methoxy groups -OCH3 is 1. The Labute approximate surface area is 166 Å². The van der Waals surface area contributed by atoms with Crippen LogP contribution in [0.25, 0.3) is 17.1 Å². The highest BCUT2D eigenvalue weighted by Gasteiger charge is 2.19. The number of nitrogens with zero attached hydrogens (tertiary/aromatic N) is 2. The largest absolute Gasteiger partial charge is 0.497 e. The molecule has 29 heavy (non-hydrogen) atoms. The van der Waals surface area contributed by atoms with Crippen LogP contribution in [0.1, 0.15) is 16.2 Å². The molecule has 0 saturated carbocycles. The number of halogens is 1. The van der Waals surface area contributed by atoms with E-state index in [9.17, 15) is 9.18 Å². The Balaban J connectivity index is 1.74. The van der Waals surface area contributed by atoms with E-state index in [4.69, 9.17) is 9.15 Å². The molecule has 2 aromatic heterocycles. The van der Waals surface area contributed by atoms with Crippen molar-refractivity contribution in [2.75, 3.05) is 12.4 Å². The molecule has 0 bridgehead atoms. The summed E-state index contributed by atoms with van der Waals surface area (Å²) in [6.45, 7) is 1.84. The van der Waals surface area contributed by atoms with Crippen molar-refractivity contribution in [1.29, 1.82) is 0 Å². The summed E-state index contributed by atoms with van der Waals surface area (Å²) in [5.74, 6) is 1.25. The third-order valence-electron chi connectivity index (χ3n) is 4.35. The first kappa shape index (κ1) is 18.5. The Hall–Kier alpha value is -3.87. The summed E-state index contributed by atoms with van der Waals surface area (Å²) in [5, 5.41) is 7.32. The van der Waals surface area contributed by atoms with Gasteiger partial charge < -0.3 is 14.5 Å². The number of furan rings is 1. The van der Waals surface area contributed by atoms with Gasteiger partial charge in [-0.2, -0.15) is 5.10 Å². The van der Waals surface area contributed by atoms with Crippen molar-refractivity contribution >= 4 is 11.6 Å². The summed E-state index contributed by atoms with van der Waals surface area (Å²) in [6.07, 6.45) is 0. The smallest absolute Gasteiger partial charge is 0.274 e. The average Bonchev–Trinajstić information content (AvgIpc) is 3.36. The van der Waals surface area contributed by atoms with Crippen LogP contribution in [0, 0.1) is 12.7 Å². The SMILES string of the molecule is COc1ccc(-n2nc(-c3ccc(C)o3)cc2C(=O)Nc2ccc(F)cc2)cc1. The fourth-order valence-electron chi connectivity index (χ4n) is 2.88. The molecule has 0 radical (unpaired) electrons. The molecule has 4 rings (SSSR count).